The van der Waals surface area contributed by atoms with Gasteiger partial charge in [-0.1, -0.05) is 29.8 Å². The Morgan fingerprint density at radius 1 is 1.23 bits per heavy atom. The average Bonchev–Trinajstić information content (AvgIpc) is 3.59. The highest BCUT2D eigenvalue weighted by Gasteiger charge is 2.27. The third-order valence-electron chi connectivity index (χ3n) is 5.76. The Morgan fingerprint density at radius 2 is 2.00 bits per heavy atom. The lowest BCUT2D eigenvalue weighted by Crippen LogP contribution is -2.43. The standard InChI is InChI=1S/C23H28N4O4/c1-16-3-2-4-17(13-16)22(26-9-11-31-12-10-26)15-24-23(28)18-5-8-20(25-19-6-7-19)21(14-18)27(29)30/h2-5,8,13-14,19,22,25H,6-7,9-12,15H2,1H3,(H,24,28). The van der Waals surface area contributed by atoms with Gasteiger partial charge in [-0.2, -0.15) is 0 Å². The fourth-order valence-corrected chi connectivity index (χ4v) is 3.91. The van der Waals surface area contributed by atoms with Crippen molar-refractivity contribution in [3.8, 4) is 0 Å². The van der Waals surface area contributed by atoms with Gasteiger partial charge in [0.15, 0.2) is 0 Å². The van der Waals surface area contributed by atoms with Crippen LogP contribution in [-0.4, -0.2) is 54.6 Å². The molecule has 1 heterocycles. The highest BCUT2D eigenvalue weighted by Crippen LogP contribution is 2.31. The van der Waals surface area contributed by atoms with E-state index in [9.17, 15) is 14.9 Å². The largest absolute Gasteiger partial charge is 0.379 e. The second-order valence-corrected chi connectivity index (χ2v) is 8.20. The molecule has 4 rings (SSSR count). The molecule has 2 aromatic carbocycles. The van der Waals surface area contributed by atoms with Gasteiger partial charge in [0.1, 0.15) is 5.69 Å². The molecule has 0 spiro atoms. The molecule has 1 aliphatic carbocycles. The van der Waals surface area contributed by atoms with Crippen LogP contribution in [0.3, 0.4) is 0 Å². The predicted octanol–water partition coefficient (Wildman–Crippen LogP) is 3.28. The maximum absolute atomic E-state index is 12.9. The molecule has 164 valence electrons. The van der Waals surface area contributed by atoms with Gasteiger partial charge in [0.05, 0.1) is 24.2 Å². The molecule has 0 aromatic heterocycles. The first-order chi connectivity index (χ1) is 15.0. The zero-order valence-electron chi connectivity index (χ0n) is 17.7. The Hall–Kier alpha value is -2.97. The van der Waals surface area contributed by atoms with Crippen LogP contribution in [0.25, 0.3) is 0 Å². The van der Waals surface area contributed by atoms with E-state index in [0.29, 0.717) is 31.5 Å². The summed E-state index contributed by atoms with van der Waals surface area (Å²) in [5.41, 5.74) is 2.99. The maximum Gasteiger partial charge on any atom is 0.293 e. The lowest BCUT2D eigenvalue weighted by Gasteiger charge is -2.35. The fourth-order valence-electron chi connectivity index (χ4n) is 3.91. The van der Waals surface area contributed by atoms with Crippen LogP contribution in [0.2, 0.25) is 0 Å². The topological polar surface area (TPSA) is 96.7 Å². The van der Waals surface area contributed by atoms with Gasteiger partial charge in [-0.25, -0.2) is 0 Å². The van der Waals surface area contributed by atoms with E-state index < -0.39 is 4.92 Å². The number of amides is 1. The Kier molecular flexibility index (Phi) is 6.48. The monoisotopic (exact) mass is 424 g/mol. The zero-order valence-corrected chi connectivity index (χ0v) is 17.7. The first-order valence-electron chi connectivity index (χ1n) is 10.7. The van der Waals surface area contributed by atoms with E-state index >= 15 is 0 Å². The molecular weight excluding hydrogens is 396 g/mol. The number of nitrogens with zero attached hydrogens (tertiary/aromatic N) is 2. The van der Waals surface area contributed by atoms with Crippen LogP contribution in [0.1, 0.15) is 40.4 Å². The van der Waals surface area contributed by atoms with E-state index in [4.69, 9.17) is 4.74 Å². The predicted molar refractivity (Wildman–Crippen MR) is 118 cm³/mol. The number of aryl methyl sites for hydroxylation is 1. The van der Waals surface area contributed by atoms with E-state index in [1.54, 1.807) is 12.1 Å². The molecule has 1 saturated heterocycles. The quantitative estimate of drug-likeness (QED) is 0.499. The van der Waals surface area contributed by atoms with Crippen LogP contribution in [0.5, 0.6) is 0 Å². The van der Waals surface area contributed by atoms with Gasteiger partial charge in [0, 0.05) is 37.3 Å². The number of hydrogen-bond acceptors (Lipinski definition) is 6. The minimum Gasteiger partial charge on any atom is -0.379 e. The number of carbonyl (C=O) groups is 1. The van der Waals surface area contributed by atoms with E-state index in [2.05, 4.69) is 40.7 Å². The molecule has 1 unspecified atom stereocenters. The van der Waals surface area contributed by atoms with Crippen molar-refractivity contribution in [1.29, 1.82) is 0 Å². The van der Waals surface area contributed by atoms with Gasteiger partial charge in [0.2, 0.25) is 0 Å². The van der Waals surface area contributed by atoms with E-state index in [1.807, 2.05) is 6.07 Å². The zero-order chi connectivity index (χ0) is 21.8. The number of ether oxygens (including phenoxy) is 1. The van der Waals surface area contributed by atoms with Gasteiger partial charge >= 0.3 is 0 Å². The number of rotatable bonds is 8. The van der Waals surface area contributed by atoms with Crippen molar-refractivity contribution in [3.63, 3.8) is 0 Å². The molecule has 0 radical (unpaired) electrons. The molecule has 8 nitrogen and oxygen atoms in total. The first kappa shape index (κ1) is 21.3. The number of carbonyl (C=O) groups excluding carboxylic acids is 1. The van der Waals surface area contributed by atoms with Crippen molar-refractivity contribution in [2.45, 2.75) is 31.8 Å². The average molecular weight is 425 g/mol. The van der Waals surface area contributed by atoms with Crippen molar-refractivity contribution in [3.05, 3.63) is 69.3 Å². The summed E-state index contributed by atoms with van der Waals surface area (Å²) in [6.07, 6.45) is 2.03. The molecule has 1 atom stereocenters. The van der Waals surface area contributed by atoms with Crippen molar-refractivity contribution in [2.75, 3.05) is 38.2 Å². The van der Waals surface area contributed by atoms with Gasteiger partial charge in [0.25, 0.3) is 11.6 Å². The second kappa shape index (κ2) is 9.45. The molecule has 31 heavy (non-hydrogen) atoms. The summed E-state index contributed by atoms with van der Waals surface area (Å²) in [5.74, 6) is -0.313. The van der Waals surface area contributed by atoms with Crippen LogP contribution in [-0.2, 0) is 4.74 Å². The van der Waals surface area contributed by atoms with Crippen LogP contribution in [0.4, 0.5) is 11.4 Å². The highest BCUT2D eigenvalue weighted by atomic mass is 16.6. The second-order valence-electron chi connectivity index (χ2n) is 8.20. The number of morpholine rings is 1. The number of anilines is 1. The molecule has 2 aromatic rings. The van der Waals surface area contributed by atoms with E-state index in [0.717, 1.165) is 37.1 Å². The molecule has 2 fully saturated rings. The van der Waals surface area contributed by atoms with Crippen LogP contribution >= 0.6 is 0 Å². The summed E-state index contributed by atoms with van der Waals surface area (Å²) in [4.78, 5) is 26.2. The number of nitrogens with one attached hydrogen (secondary N) is 2. The van der Waals surface area contributed by atoms with Gasteiger partial charge in [-0.05, 0) is 37.5 Å². The molecule has 1 saturated carbocycles. The van der Waals surface area contributed by atoms with Crippen LogP contribution in [0.15, 0.2) is 42.5 Å². The first-order valence-corrected chi connectivity index (χ1v) is 10.7. The van der Waals surface area contributed by atoms with Gasteiger partial charge in [-0.3, -0.25) is 19.8 Å². The summed E-state index contributed by atoms with van der Waals surface area (Å²) in [6.45, 7) is 5.38. The number of nitro groups is 1. The van der Waals surface area contributed by atoms with Crippen molar-refractivity contribution >= 4 is 17.3 Å². The smallest absolute Gasteiger partial charge is 0.293 e. The highest BCUT2D eigenvalue weighted by molar-refractivity contribution is 5.95. The Bertz CT molecular complexity index is 954. The Morgan fingerprint density at radius 3 is 2.68 bits per heavy atom. The third-order valence-corrected chi connectivity index (χ3v) is 5.76. The number of benzene rings is 2. The lowest BCUT2D eigenvalue weighted by atomic mass is 10.0. The number of hydrogen-bond donors (Lipinski definition) is 2. The fraction of sp³-hybridized carbons (Fsp3) is 0.435. The van der Waals surface area contributed by atoms with Crippen LogP contribution in [0, 0.1) is 17.0 Å². The summed E-state index contributed by atoms with van der Waals surface area (Å²) in [6, 6.07) is 13.2. The van der Waals surface area contributed by atoms with Crippen molar-refractivity contribution in [2.24, 2.45) is 0 Å². The molecule has 2 aliphatic rings. The maximum atomic E-state index is 12.9. The van der Waals surface area contributed by atoms with Gasteiger partial charge in [-0.15, -0.1) is 0 Å². The SMILES string of the molecule is Cc1cccc(C(CNC(=O)c2ccc(NC3CC3)c([N+](=O)[O-])c2)N2CCOCC2)c1. The van der Waals surface area contributed by atoms with E-state index in [-0.39, 0.29) is 23.2 Å². The van der Waals surface area contributed by atoms with E-state index in [1.165, 1.54) is 6.07 Å². The molecule has 2 N–H and O–H groups in total. The molecule has 8 heteroatoms. The van der Waals surface area contributed by atoms with Gasteiger partial charge < -0.3 is 15.4 Å². The number of nitro benzene ring substituents is 1. The summed E-state index contributed by atoms with van der Waals surface area (Å²) in [5, 5.41) is 17.7. The molecular formula is C23H28N4O4. The third kappa shape index (κ3) is 5.39. The van der Waals surface area contributed by atoms with Crippen LogP contribution < -0.4 is 10.6 Å². The summed E-state index contributed by atoms with van der Waals surface area (Å²) < 4.78 is 5.48. The van der Waals surface area contributed by atoms with Crippen molar-refractivity contribution in [1.82, 2.24) is 10.2 Å². The normalized spacial score (nSPS) is 17.7. The summed E-state index contributed by atoms with van der Waals surface area (Å²) in [7, 11) is 0. The summed E-state index contributed by atoms with van der Waals surface area (Å²) >= 11 is 0. The Balaban J connectivity index is 1.49. The Labute approximate surface area is 181 Å². The molecule has 1 aliphatic heterocycles. The molecule has 0 bridgehead atoms. The minimum atomic E-state index is -0.440. The minimum absolute atomic E-state index is 0.0125. The lowest BCUT2D eigenvalue weighted by molar-refractivity contribution is -0.384. The molecule has 1 amide bonds. The van der Waals surface area contributed by atoms with Crippen molar-refractivity contribution < 1.29 is 14.5 Å².